The van der Waals surface area contributed by atoms with Crippen LogP contribution in [0, 0.1) is 24.1 Å². The van der Waals surface area contributed by atoms with Crippen LogP contribution in [0.3, 0.4) is 0 Å². The molecule has 0 unspecified atom stereocenters. The topological polar surface area (TPSA) is 83.6 Å². The van der Waals surface area contributed by atoms with Gasteiger partial charge in [-0.1, -0.05) is 41.6 Å². The number of aryl methyl sites for hydroxylation is 1. The molecule has 1 amide bonds. The molecule has 0 saturated heterocycles. The van der Waals surface area contributed by atoms with E-state index in [1.54, 1.807) is 34.2 Å². The highest BCUT2D eigenvalue weighted by molar-refractivity contribution is 7.99. The van der Waals surface area contributed by atoms with Gasteiger partial charge in [-0.25, -0.2) is 4.39 Å². The van der Waals surface area contributed by atoms with Crippen LogP contribution in [-0.2, 0) is 4.79 Å². The number of hydrogen-bond donors (Lipinski definition) is 1. The number of nitrogens with one attached hydrogen (secondary N) is 1. The Balaban J connectivity index is 1.63. The van der Waals surface area contributed by atoms with Crippen LogP contribution >= 0.6 is 23.1 Å². The number of rotatable bonds is 6. The van der Waals surface area contributed by atoms with Gasteiger partial charge in [0.15, 0.2) is 11.0 Å². The summed E-state index contributed by atoms with van der Waals surface area (Å²) in [5.41, 5.74) is 2.60. The van der Waals surface area contributed by atoms with Crippen LogP contribution in [0.1, 0.15) is 11.1 Å². The van der Waals surface area contributed by atoms with Crippen LogP contribution in [0.15, 0.2) is 65.1 Å². The number of amides is 1. The maximum atomic E-state index is 14.5. The van der Waals surface area contributed by atoms with Crippen molar-refractivity contribution in [2.75, 3.05) is 11.1 Å². The van der Waals surface area contributed by atoms with E-state index in [2.05, 4.69) is 15.5 Å². The normalized spacial score (nSPS) is 10.6. The summed E-state index contributed by atoms with van der Waals surface area (Å²) in [6.45, 7) is 1.98. The quantitative estimate of drug-likeness (QED) is 0.417. The molecule has 31 heavy (non-hydrogen) atoms. The van der Waals surface area contributed by atoms with Gasteiger partial charge in [0, 0.05) is 5.69 Å². The zero-order chi connectivity index (χ0) is 21.8. The average Bonchev–Trinajstić information content (AvgIpc) is 3.40. The van der Waals surface area contributed by atoms with Crippen LogP contribution in [0.4, 0.5) is 9.39 Å². The zero-order valence-electron chi connectivity index (χ0n) is 16.4. The first kappa shape index (κ1) is 20.8. The molecule has 0 spiro atoms. The first-order valence-electron chi connectivity index (χ1n) is 9.24. The van der Waals surface area contributed by atoms with E-state index in [4.69, 9.17) is 5.26 Å². The molecule has 2 aromatic heterocycles. The maximum Gasteiger partial charge on any atom is 0.235 e. The minimum atomic E-state index is -0.403. The molecule has 0 aliphatic carbocycles. The largest absolute Gasteiger partial charge is 0.316 e. The summed E-state index contributed by atoms with van der Waals surface area (Å²) in [5, 5.41) is 23.0. The number of anilines is 1. The van der Waals surface area contributed by atoms with Gasteiger partial charge in [-0.15, -0.1) is 21.5 Å². The molecule has 0 saturated carbocycles. The lowest BCUT2D eigenvalue weighted by atomic mass is 10.2. The lowest BCUT2D eigenvalue weighted by Gasteiger charge is -2.11. The van der Waals surface area contributed by atoms with Crippen LogP contribution < -0.4 is 5.32 Å². The van der Waals surface area contributed by atoms with Crippen molar-refractivity contribution in [1.82, 2.24) is 14.8 Å². The van der Waals surface area contributed by atoms with Gasteiger partial charge >= 0.3 is 0 Å². The summed E-state index contributed by atoms with van der Waals surface area (Å²) < 4.78 is 16.2. The minimum Gasteiger partial charge on any atom is -0.316 e. The highest BCUT2D eigenvalue weighted by atomic mass is 32.2. The Morgan fingerprint density at radius 3 is 2.71 bits per heavy atom. The fourth-order valence-corrected chi connectivity index (χ4v) is 4.40. The van der Waals surface area contributed by atoms with Crippen molar-refractivity contribution in [3.63, 3.8) is 0 Å². The summed E-state index contributed by atoms with van der Waals surface area (Å²) in [5.74, 6) is -0.256. The summed E-state index contributed by atoms with van der Waals surface area (Å²) in [6, 6.07) is 17.8. The van der Waals surface area contributed by atoms with E-state index < -0.39 is 5.82 Å². The van der Waals surface area contributed by atoms with Gasteiger partial charge in [-0.3, -0.25) is 9.36 Å². The number of hydrogen-bond acceptors (Lipinski definition) is 6. The molecule has 9 heteroatoms. The summed E-state index contributed by atoms with van der Waals surface area (Å²) in [4.78, 5) is 12.4. The fourth-order valence-electron chi connectivity index (χ4n) is 2.89. The predicted molar refractivity (Wildman–Crippen MR) is 120 cm³/mol. The van der Waals surface area contributed by atoms with Gasteiger partial charge in [0.1, 0.15) is 16.9 Å². The van der Waals surface area contributed by atoms with Gasteiger partial charge in [0.05, 0.1) is 16.9 Å². The Labute approximate surface area is 186 Å². The molecule has 1 N–H and O–H groups in total. The Morgan fingerprint density at radius 2 is 1.97 bits per heavy atom. The first-order chi connectivity index (χ1) is 15.1. The summed E-state index contributed by atoms with van der Waals surface area (Å²) in [6.07, 6.45) is 0. The van der Waals surface area contributed by atoms with Crippen molar-refractivity contribution >= 4 is 34.0 Å². The second-order valence-electron chi connectivity index (χ2n) is 6.57. The van der Waals surface area contributed by atoms with Gasteiger partial charge in [-0.05, 0) is 42.6 Å². The number of thiophene rings is 1. The van der Waals surface area contributed by atoms with E-state index in [0.717, 1.165) is 11.3 Å². The Morgan fingerprint density at radius 1 is 1.19 bits per heavy atom. The van der Waals surface area contributed by atoms with Crippen molar-refractivity contribution in [1.29, 1.82) is 5.26 Å². The lowest BCUT2D eigenvalue weighted by molar-refractivity contribution is -0.113. The molecule has 4 rings (SSSR count). The van der Waals surface area contributed by atoms with Gasteiger partial charge in [0.2, 0.25) is 5.91 Å². The van der Waals surface area contributed by atoms with E-state index in [1.807, 2.05) is 37.3 Å². The predicted octanol–water partition coefficient (Wildman–Crippen LogP) is 5.05. The molecule has 4 aromatic rings. The van der Waals surface area contributed by atoms with E-state index in [0.29, 0.717) is 27.1 Å². The van der Waals surface area contributed by atoms with Gasteiger partial charge in [-0.2, -0.15) is 5.26 Å². The number of thioether (sulfide) groups is 1. The standard InChI is InChI=1S/C22H16FN5OS2/c1-14-6-8-16(9-7-14)28-20(17-4-2-3-5-18(17)23)26-27-22(28)31-13-19(29)25-21-15(12-24)10-11-30-21/h2-11H,13H2,1H3,(H,25,29). The van der Waals surface area contributed by atoms with Crippen LogP contribution in [-0.4, -0.2) is 26.4 Å². The smallest absolute Gasteiger partial charge is 0.235 e. The Hall–Kier alpha value is -3.48. The third kappa shape index (κ3) is 4.50. The van der Waals surface area contributed by atoms with Gasteiger partial charge in [0.25, 0.3) is 0 Å². The molecule has 2 aromatic carbocycles. The van der Waals surface area contributed by atoms with Crippen LogP contribution in [0.2, 0.25) is 0 Å². The Kier molecular flexibility index (Phi) is 6.11. The van der Waals surface area contributed by atoms with Crippen molar-refractivity contribution < 1.29 is 9.18 Å². The van der Waals surface area contributed by atoms with Gasteiger partial charge < -0.3 is 5.32 Å². The lowest BCUT2D eigenvalue weighted by Crippen LogP contribution is -2.14. The first-order valence-corrected chi connectivity index (χ1v) is 11.1. The SMILES string of the molecule is Cc1ccc(-n2c(SCC(=O)Nc3sccc3C#N)nnc2-c2ccccc2F)cc1. The van der Waals surface area contributed by atoms with Crippen LogP contribution in [0.25, 0.3) is 17.1 Å². The van der Waals surface area contributed by atoms with Crippen molar-refractivity contribution in [3.05, 3.63) is 76.9 Å². The molecule has 0 radical (unpaired) electrons. The molecule has 0 aliphatic rings. The van der Waals surface area contributed by atoms with Crippen LogP contribution in [0.5, 0.6) is 0 Å². The molecule has 0 aliphatic heterocycles. The minimum absolute atomic E-state index is 0.0596. The van der Waals surface area contributed by atoms with E-state index in [9.17, 15) is 9.18 Å². The molecule has 0 atom stereocenters. The third-order valence-electron chi connectivity index (χ3n) is 4.41. The Bertz CT molecular complexity index is 1270. The van der Waals surface area contributed by atoms with Crippen molar-refractivity contribution in [3.8, 4) is 23.1 Å². The van der Waals surface area contributed by atoms with E-state index in [1.165, 1.54) is 29.2 Å². The molecule has 6 nitrogen and oxygen atoms in total. The van der Waals surface area contributed by atoms with E-state index >= 15 is 0 Å². The van der Waals surface area contributed by atoms with E-state index in [-0.39, 0.29) is 11.7 Å². The van der Waals surface area contributed by atoms with Crippen molar-refractivity contribution in [2.24, 2.45) is 0 Å². The number of nitriles is 1. The number of aromatic nitrogens is 3. The number of carbonyl (C=O) groups excluding carboxylic acids is 1. The monoisotopic (exact) mass is 449 g/mol. The summed E-state index contributed by atoms with van der Waals surface area (Å²) in [7, 11) is 0. The maximum absolute atomic E-state index is 14.5. The highest BCUT2D eigenvalue weighted by Crippen LogP contribution is 2.30. The number of halogens is 1. The average molecular weight is 450 g/mol. The fraction of sp³-hybridized carbons (Fsp3) is 0.0909. The molecule has 2 heterocycles. The molecular weight excluding hydrogens is 433 g/mol. The zero-order valence-corrected chi connectivity index (χ0v) is 18.0. The second-order valence-corrected chi connectivity index (χ2v) is 8.43. The molecule has 154 valence electrons. The number of carbonyl (C=O) groups is 1. The highest BCUT2D eigenvalue weighted by Gasteiger charge is 2.19. The van der Waals surface area contributed by atoms with Crippen molar-refractivity contribution in [2.45, 2.75) is 12.1 Å². The number of benzene rings is 2. The number of nitrogens with zero attached hydrogens (tertiary/aromatic N) is 4. The summed E-state index contributed by atoms with van der Waals surface area (Å²) >= 11 is 2.48. The molecule has 0 bridgehead atoms. The third-order valence-corrected chi connectivity index (χ3v) is 6.17. The molecule has 0 fully saturated rings. The molecular formula is C22H16FN5OS2. The second kappa shape index (κ2) is 9.12.